The molecule has 0 saturated carbocycles. The number of halogens is 2. The van der Waals surface area contributed by atoms with E-state index in [0.717, 1.165) is 43.3 Å². The molecule has 0 fully saturated rings. The number of guanidine groups is 1. The monoisotopic (exact) mass is 459 g/mol. The lowest BCUT2D eigenvalue weighted by atomic mass is 10.1. The number of unbranched alkanes of at least 4 members (excludes halogenated alkanes) is 1. The SMILES string of the molecule is CN=C(NCCCCn1ccnc1C)NCc1ccc(C)c(F)c1.I. The summed E-state index contributed by atoms with van der Waals surface area (Å²) in [5, 5.41) is 6.48. The maximum atomic E-state index is 13.5. The van der Waals surface area contributed by atoms with Gasteiger partial charge in [-0.2, -0.15) is 0 Å². The number of aliphatic imine (C=N–C) groups is 1. The summed E-state index contributed by atoms with van der Waals surface area (Å²) in [6.45, 7) is 6.14. The lowest BCUT2D eigenvalue weighted by molar-refractivity contribution is 0.588. The molecule has 0 radical (unpaired) electrons. The van der Waals surface area contributed by atoms with E-state index in [1.807, 2.05) is 25.4 Å². The predicted octanol–water partition coefficient (Wildman–Crippen LogP) is 3.40. The molecule has 2 rings (SSSR count). The fraction of sp³-hybridized carbons (Fsp3) is 0.444. The predicted molar refractivity (Wildman–Crippen MR) is 111 cm³/mol. The third-order valence-electron chi connectivity index (χ3n) is 3.96. The Morgan fingerprint density at radius 3 is 2.68 bits per heavy atom. The Kier molecular flexibility index (Phi) is 9.48. The van der Waals surface area contributed by atoms with Crippen molar-refractivity contribution in [2.45, 2.75) is 39.8 Å². The summed E-state index contributed by atoms with van der Waals surface area (Å²) >= 11 is 0. The highest BCUT2D eigenvalue weighted by Gasteiger charge is 2.02. The number of hydrogen-bond acceptors (Lipinski definition) is 2. The minimum Gasteiger partial charge on any atom is -0.356 e. The molecule has 138 valence electrons. The number of nitrogens with one attached hydrogen (secondary N) is 2. The lowest BCUT2D eigenvalue weighted by Gasteiger charge is -2.12. The fourth-order valence-electron chi connectivity index (χ4n) is 2.41. The second-order valence-electron chi connectivity index (χ2n) is 5.81. The molecule has 5 nitrogen and oxygen atoms in total. The molecule has 2 N–H and O–H groups in total. The Morgan fingerprint density at radius 1 is 1.24 bits per heavy atom. The molecule has 0 amide bonds. The van der Waals surface area contributed by atoms with E-state index in [1.165, 1.54) is 0 Å². The third-order valence-corrected chi connectivity index (χ3v) is 3.96. The zero-order valence-electron chi connectivity index (χ0n) is 15.1. The summed E-state index contributed by atoms with van der Waals surface area (Å²) in [7, 11) is 1.74. The first-order chi connectivity index (χ1) is 11.6. The minimum absolute atomic E-state index is 0. The molecule has 25 heavy (non-hydrogen) atoms. The third kappa shape index (κ3) is 7.01. The average Bonchev–Trinajstić information content (AvgIpc) is 2.98. The summed E-state index contributed by atoms with van der Waals surface area (Å²) in [5.41, 5.74) is 1.56. The number of rotatable bonds is 7. The highest BCUT2D eigenvalue weighted by Crippen LogP contribution is 2.08. The van der Waals surface area contributed by atoms with E-state index in [4.69, 9.17) is 0 Å². The van der Waals surface area contributed by atoms with Crippen LogP contribution in [0.15, 0.2) is 35.6 Å². The zero-order chi connectivity index (χ0) is 17.4. The highest BCUT2D eigenvalue weighted by atomic mass is 127. The fourth-order valence-corrected chi connectivity index (χ4v) is 2.41. The van der Waals surface area contributed by atoms with Gasteiger partial charge in [-0.25, -0.2) is 9.37 Å². The summed E-state index contributed by atoms with van der Waals surface area (Å²) < 4.78 is 15.7. The van der Waals surface area contributed by atoms with Crippen molar-refractivity contribution in [2.24, 2.45) is 4.99 Å². The normalized spacial score (nSPS) is 11.1. The van der Waals surface area contributed by atoms with Gasteiger partial charge in [0, 0.05) is 39.1 Å². The van der Waals surface area contributed by atoms with Crippen LogP contribution in [0, 0.1) is 19.7 Å². The zero-order valence-corrected chi connectivity index (χ0v) is 17.4. The molecule has 0 spiro atoms. The van der Waals surface area contributed by atoms with Crippen LogP contribution >= 0.6 is 24.0 Å². The maximum absolute atomic E-state index is 13.5. The minimum atomic E-state index is -0.174. The van der Waals surface area contributed by atoms with E-state index in [-0.39, 0.29) is 29.8 Å². The second kappa shape index (κ2) is 11.1. The van der Waals surface area contributed by atoms with Crippen LogP contribution in [-0.2, 0) is 13.1 Å². The van der Waals surface area contributed by atoms with Crippen LogP contribution in [0.25, 0.3) is 0 Å². The molecule has 1 aromatic carbocycles. The van der Waals surface area contributed by atoms with Crippen molar-refractivity contribution >= 4 is 29.9 Å². The lowest BCUT2D eigenvalue weighted by Crippen LogP contribution is -2.37. The summed E-state index contributed by atoms with van der Waals surface area (Å²) in [6, 6.07) is 5.27. The highest BCUT2D eigenvalue weighted by molar-refractivity contribution is 14.0. The number of aromatic nitrogens is 2. The van der Waals surface area contributed by atoms with Gasteiger partial charge in [-0.05, 0) is 43.9 Å². The molecule has 0 aliphatic carbocycles. The molecule has 1 heterocycles. The molecule has 2 aromatic rings. The Morgan fingerprint density at radius 2 is 2.04 bits per heavy atom. The van der Waals surface area contributed by atoms with E-state index in [2.05, 4.69) is 25.2 Å². The number of hydrogen-bond donors (Lipinski definition) is 2. The standard InChI is InChI=1S/C18H26FN5.HI/c1-14-6-7-16(12-17(14)19)13-23-18(20-3)22-8-4-5-10-24-11-9-21-15(24)2;/h6-7,9,11-12H,4-5,8,10,13H2,1-3H3,(H2,20,22,23);1H. The number of nitrogens with zero attached hydrogens (tertiary/aromatic N) is 3. The van der Waals surface area contributed by atoms with Crippen molar-refractivity contribution in [3.05, 3.63) is 53.4 Å². The molecule has 7 heteroatoms. The van der Waals surface area contributed by atoms with Crippen LogP contribution in [0.1, 0.15) is 29.8 Å². The largest absolute Gasteiger partial charge is 0.356 e. The molecule has 0 atom stereocenters. The van der Waals surface area contributed by atoms with Gasteiger partial charge < -0.3 is 15.2 Å². The van der Waals surface area contributed by atoms with Crippen molar-refractivity contribution in [3.8, 4) is 0 Å². The summed E-state index contributed by atoms with van der Waals surface area (Å²) in [5.74, 6) is 1.60. The molecule has 0 aliphatic rings. The van der Waals surface area contributed by atoms with Crippen molar-refractivity contribution in [1.29, 1.82) is 0 Å². The Labute approximate surface area is 166 Å². The molecular formula is C18H27FIN5. The van der Waals surface area contributed by atoms with Gasteiger partial charge in [-0.3, -0.25) is 4.99 Å². The first-order valence-corrected chi connectivity index (χ1v) is 8.27. The number of aryl methyl sites for hydroxylation is 3. The summed E-state index contributed by atoms with van der Waals surface area (Å²) in [4.78, 5) is 8.40. The van der Waals surface area contributed by atoms with Crippen LogP contribution in [-0.4, -0.2) is 29.1 Å². The number of imidazole rings is 1. The van der Waals surface area contributed by atoms with Gasteiger partial charge in [0.2, 0.25) is 0 Å². The van der Waals surface area contributed by atoms with Gasteiger partial charge in [0.15, 0.2) is 5.96 Å². The smallest absolute Gasteiger partial charge is 0.191 e. The van der Waals surface area contributed by atoms with Gasteiger partial charge in [-0.1, -0.05) is 12.1 Å². The van der Waals surface area contributed by atoms with Crippen LogP contribution in [0.3, 0.4) is 0 Å². The van der Waals surface area contributed by atoms with Crippen molar-refractivity contribution in [3.63, 3.8) is 0 Å². The molecule has 0 saturated heterocycles. The van der Waals surface area contributed by atoms with Gasteiger partial charge in [0.25, 0.3) is 0 Å². The van der Waals surface area contributed by atoms with Crippen LogP contribution in [0.2, 0.25) is 0 Å². The van der Waals surface area contributed by atoms with Crippen LogP contribution in [0.5, 0.6) is 0 Å². The van der Waals surface area contributed by atoms with Gasteiger partial charge in [-0.15, -0.1) is 24.0 Å². The molecule has 1 aromatic heterocycles. The van der Waals surface area contributed by atoms with E-state index in [0.29, 0.717) is 12.1 Å². The van der Waals surface area contributed by atoms with Gasteiger partial charge in [0.1, 0.15) is 11.6 Å². The Hall–Kier alpha value is -1.64. The topological polar surface area (TPSA) is 54.2 Å². The van der Waals surface area contributed by atoms with E-state index < -0.39 is 0 Å². The van der Waals surface area contributed by atoms with Crippen molar-refractivity contribution < 1.29 is 4.39 Å². The van der Waals surface area contributed by atoms with Crippen LogP contribution < -0.4 is 10.6 Å². The van der Waals surface area contributed by atoms with E-state index in [9.17, 15) is 4.39 Å². The second-order valence-corrected chi connectivity index (χ2v) is 5.81. The Balaban J connectivity index is 0.00000312. The van der Waals surface area contributed by atoms with E-state index in [1.54, 1.807) is 26.1 Å². The quantitative estimate of drug-likeness (QED) is 0.289. The van der Waals surface area contributed by atoms with E-state index >= 15 is 0 Å². The average molecular weight is 459 g/mol. The first-order valence-electron chi connectivity index (χ1n) is 8.27. The molecule has 0 unspecified atom stereocenters. The summed E-state index contributed by atoms with van der Waals surface area (Å²) in [6.07, 6.45) is 5.94. The van der Waals surface area contributed by atoms with Crippen LogP contribution in [0.4, 0.5) is 4.39 Å². The van der Waals surface area contributed by atoms with Gasteiger partial charge in [0.05, 0.1) is 0 Å². The molecule has 0 bridgehead atoms. The maximum Gasteiger partial charge on any atom is 0.191 e. The number of benzene rings is 1. The molecular weight excluding hydrogens is 432 g/mol. The first kappa shape index (κ1) is 21.4. The van der Waals surface area contributed by atoms with Crippen molar-refractivity contribution in [2.75, 3.05) is 13.6 Å². The van der Waals surface area contributed by atoms with Gasteiger partial charge >= 0.3 is 0 Å². The Bertz CT molecular complexity index is 684. The molecule has 0 aliphatic heterocycles. The van der Waals surface area contributed by atoms with Crippen molar-refractivity contribution in [1.82, 2.24) is 20.2 Å².